The van der Waals surface area contributed by atoms with Gasteiger partial charge in [0, 0.05) is 62.5 Å². The molecule has 2 fully saturated rings. The van der Waals surface area contributed by atoms with Crippen molar-refractivity contribution in [2.75, 3.05) is 26.2 Å². The zero-order valence-corrected chi connectivity index (χ0v) is 20.5. The van der Waals surface area contributed by atoms with Crippen molar-refractivity contribution in [2.45, 2.75) is 37.5 Å². The van der Waals surface area contributed by atoms with Crippen LogP contribution in [-0.2, 0) is 0 Å². The standard InChI is InChI=1S/C26H26F3N7O2/c27-26(28,29)38-22-3-1-19(2-4-22)20-11-21(23-16-36(17-33-23)24-13-31-7-8-32-24)15-35(14-20)25(37)34-9-5-18(12-30)6-10-34/h1-4,7-8,13,16-18,20-21H,5-6,9-11,14-15H2. The Morgan fingerprint density at radius 1 is 1.03 bits per heavy atom. The van der Waals surface area contributed by atoms with Gasteiger partial charge in [0.25, 0.3) is 0 Å². The van der Waals surface area contributed by atoms with Crippen LogP contribution in [0.2, 0.25) is 0 Å². The number of halogens is 3. The van der Waals surface area contributed by atoms with E-state index in [-0.39, 0.29) is 29.5 Å². The highest BCUT2D eigenvalue weighted by molar-refractivity contribution is 5.75. The summed E-state index contributed by atoms with van der Waals surface area (Å²) in [6.45, 7) is 1.93. The van der Waals surface area contributed by atoms with E-state index in [1.54, 1.807) is 51.4 Å². The third kappa shape index (κ3) is 5.88. The topological polar surface area (TPSA) is 100 Å². The van der Waals surface area contributed by atoms with E-state index in [2.05, 4.69) is 25.8 Å². The van der Waals surface area contributed by atoms with Crippen LogP contribution in [-0.4, -0.2) is 67.9 Å². The predicted octanol–water partition coefficient (Wildman–Crippen LogP) is 4.49. The number of hydrogen-bond acceptors (Lipinski definition) is 6. The molecule has 2 aromatic heterocycles. The minimum Gasteiger partial charge on any atom is -0.406 e. The number of carbonyl (C=O) groups is 1. The quantitative estimate of drug-likeness (QED) is 0.498. The second kappa shape index (κ2) is 10.7. The number of likely N-dealkylation sites (tertiary alicyclic amines) is 2. The summed E-state index contributed by atoms with van der Waals surface area (Å²) in [6, 6.07) is 8.02. The Balaban J connectivity index is 1.38. The number of benzene rings is 1. The summed E-state index contributed by atoms with van der Waals surface area (Å²) in [4.78, 5) is 30.1. The van der Waals surface area contributed by atoms with Gasteiger partial charge < -0.3 is 14.5 Å². The summed E-state index contributed by atoms with van der Waals surface area (Å²) in [5.41, 5.74) is 1.61. The molecule has 9 nitrogen and oxygen atoms in total. The summed E-state index contributed by atoms with van der Waals surface area (Å²) in [7, 11) is 0. The van der Waals surface area contributed by atoms with Gasteiger partial charge in [-0.2, -0.15) is 5.26 Å². The number of hydrogen-bond donors (Lipinski definition) is 0. The Kier molecular flexibility index (Phi) is 7.18. The van der Waals surface area contributed by atoms with Crippen molar-refractivity contribution in [3.8, 4) is 17.6 Å². The zero-order valence-electron chi connectivity index (χ0n) is 20.5. The maximum Gasteiger partial charge on any atom is 0.573 e. The normalized spacial score (nSPS) is 20.7. The molecule has 0 N–H and O–H groups in total. The second-order valence-corrected chi connectivity index (χ2v) is 9.59. The molecule has 0 spiro atoms. The Labute approximate surface area is 217 Å². The highest BCUT2D eigenvalue weighted by Gasteiger charge is 2.36. The number of nitriles is 1. The van der Waals surface area contributed by atoms with E-state index in [1.165, 1.54) is 12.1 Å². The molecule has 0 radical (unpaired) electrons. The molecule has 5 rings (SSSR count). The van der Waals surface area contributed by atoms with Gasteiger partial charge in [0.05, 0.1) is 18.0 Å². The van der Waals surface area contributed by atoms with Crippen molar-refractivity contribution < 1.29 is 22.7 Å². The van der Waals surface area contributed by atoms with Gasteiger partial charge in [-0.25, -0.2) is 14.8 Å². The molecule has 38 heavy (non-hydrogen) atoms. The van der Waals surface area contributed by atoms with E-state index >= 15 is 0 Å². The minimum absolute atomic E-state index is 0.0385. The number of alkyl halides is 3. The molecular weight excluding hydrogens is 499 g/mol. The van der Waals surface area contributed by atoms with E-state index in [9.17, 15) is 23.2 Å². The van der Waals surface area contributed by atoms with Crippen LogP contribution in [0.15, 0.2) is 55.4 Å². The van der Waals surface area contributed by atoms with Crippen molar-refractivity contribution in [1.82, 2.24) is 29.3 Å². The Hall–Kier alpha value is -4.14. The molecule has 2 amide bonds. The van der Waals surface area contributed by atoms with Crippen molar-refractivity contribution in [1.29, 1.82) is 5.26 Å². The minimum atomic E-state index is -4.76. The smallest absolute Gasteiger partial charge is 0.406 e. The van der Waals surface area contributed by atoms with Crippen molar-refractivity contribution in [3.63, 3.8) is 0 Å². The van der Waals surface area contributed by atoms with Crippen LogP contribution in [0.4, 0.5) is 18.0 Å². The van der Waals surface area contributed by atoms with Gasteiger partial charge in [0.1, 0.15) is 12.1 Å². The Morgan fingerprint density at radius 2 is 1.76 bits per heavy atom. The lowest BCUT2D eigenvalue weighted by Gasteiger charge is -2.41. The molecule has 0 bridgehead atoms. The fourth-order valence-corrected chi connectivity index (χ4v) is 5.15. The summed E-state index contributed by atoms with van der Waals surface area (Å²) in [6.07, 6.45) is 5.52. The number of aromatic nitrogens is 4. The lowest BCUT2D eigenvalue weighted by atomic mass is 9.83. The van der Waals surface area contributed by atoms with E-state index in [4.69, 9.17) is 0 Å². The fourth-order valence-electron chi connectivity index (χ4n) is 5.15. The molecule has 198 valence electrons. The largest absolute Gasteiger partial charge is 0.573 e. The molecule has 2 saturated heterocycles. The number of rotatable bonds is 4. The van der Waals surface area contributed by atoms with Crippen LogP contribution in [0, 0.1) is 17.2 Å². The lowest BCUT2D eigenvalue weighted by molar-refractivity contribution is -0.274. The van der Waals surface area contributed by atoms with Crippen molar-refractivity contribution >= 4 is 6.03 Å². The van der Waals surface area contributed by atoms with E-state index in [1.807, 2.05) is 6.20 Å². The van der Waals surface area contributed by atoms with Crippen LogP contribution in [0.3, 0.4) is 0 Å². The van der Waals surface area contributed by atoms with Gasteiger partial charge in [0.2, 0.25) is 0 Å². The number of carbonyl (C=O) groups excluding carboxylic acids is 1. The molecule has 0 saturated carbocycles. The average molecular weight is 526 g/mol. The molecule has 4 heterocycles. The first-order valence-corrected chi connectivity index (χ1v) is 12.4. The predicted molar refractivity (Wildman–Crippen MR) is 129 cm³/mol. The number of imidazole rings is 1. The van der Waals surface area contributed by atoms with Crippen LogP contribution >= 0.6 is 0 Å². The first-order chi connectivity index (χ1) is 18.3. The van der Waals surface area contributed by atoms with Crippen LogP contribution < -0.4 is 4.74 Å². The van der Waals surface area contributed by atoms with Crippen LogP contribution in [0.1, 0.15) is 42.4 Å². The fraction of sp³-hybridized carbons (Fsp3) is 0.423. The molecule has 2 aliphatic rings. The van der Waals surface area contributed by atoms with Crippen LogP contribution in [0.5, 0.6) is 5.75 Å². The van der Waals surface area contributed by atoms with E-state index in [0.29, 0.717) is 51.3 Å². The zero-order chi connectivity index (χ0) is 26.7. The molecular formula is C26H26F3N7O2. The second-order valence-electron chi connectivity index (χ2n) is 9.59. The third-order valence-electron chi connectivity index (χ3n) is 7.09. The number of piperidine rings is 2. The van der Waals surface area contributed by atoms with Gasteiger partial charge in [-0.15, -0.1) is 13.2 Å². The first kappa shape index (κ1) is 25.5. The first-order valence-electron chi connectivity index (χ1n) is 12.4. The lowest BCUT2D eigenvalue weighted by Crippen LogP contribution is -2.51. The highest BCUT2D eigenvalue weighted by atomic mass is 19.4. The van der Waals surface area contributed by atoms with Gasteiger partial charge in [-0.3, -0.25) is 9.55 Å². The molecule has 2 aliphatic heterocycles. The van der Waals surface area contributed by atoms with Gasteiger partial charge in [0.15, 0.2) is 5.82 Å². The molecule has 2 atom stereocenters. The summed E-state index contributed by atoms with van der Waals surface area (Å²) < 4.78 is 43.6. The molecule has 0 aliphatic carbocycles. The van der Waals surface area contributed by atoms with Crippen LogP contribution in [0.25, 0.3) is 5.82 Å². The molecule has 2 unspecified atom stereocenters. The summed E-state index contributed by atoms with van der Waals surface area (Å²) in [5, 5.41) is 9.20. The SMILES string of the molecule is N#CC1CCN(C(=O)N2CC(c3ccc(OC(F)(F)F)cc3)CC(c3cn(-c4cnccn4)cn3)C2)CC1. The maximum atomic E-state index is 13.5. The number of ether oxygens (including phenoxy) is 1. The summed E-state index contributed by atoms with van der Waals surface area (Å²) >= 11 is 0. The Morgan fingerprint density at radius 3 is 2.42 bits per heavy atom. The number of nitrogens with zero attached hydrogens (tertiary/aromatic N) is 7. The van der Waals surface area contributed by atoms with Gasteiger partial charge in [-0.05, 0) is 37.0 Å². The highest BCUT2D eigenvalue weighted by Crippen LogP contribution is 2.37. The average Bonchev–Trinajstić information content (AvgIpc) is 3.43. The number of urea groups is 1. The molecule has 3 aromatic rings. The maximum absolute atomic E-state index is 13.5. The third-order valence-corrected chi connectivity index (χ3v) is 7.09. The monoisotopic (exact) mass is 525 g/mol. The van der Waals surface area contributed by atoms with Crippen molar-refractivity contribution in [3.05, 3.63) is 66.6 Å². The van der Waals surface area contributed by atoms with Crippen molar-refractivity contribution in [2.24, 2.45) is 5.92 Å². The van der Waals surface area contributed by atoms with Gasteiger partial charge in [-0.1, -0.05) is 12.1 Å². The Bertz CT molecular complexity index is 1280. The van der Waals surface area contributed by atoms with E-state index in [0.717, 1.165) is 11.3 Å². The van der Waals surface area contributed by atoms with Gasteiger partial charge >= 0.3 is 12.4 Å². The number of amides is 2. The molecule has 12 heteroatoms. The molecule has 1 aromatic carbocycles. The summed E-state index contributed by atoms with van der Waals surface area (Å²) in [5.74, 6) is 0.0782. The van der Waals surface area contributed by atoms with E-state index < -0.39 is 6.36 Å².